The minimum atomic E-state index is 0.218. The summed E-state index contributed by atoms with van der Waals surface area (Å²) >= 11 is 1.58. The summed E-state index contributed by atoms with van der Waals surface area (Å²) in [5.41, 5.74) is 2.82. The maximum atomic E-state index is 11.8. The van der Waals surface area contributed by atoms with Crippen LogP contribution in [0.1, 0.15) is 25.0 Å². The van der Waals surface area contributed by atoms with Gasteiger partial charge in [-0.3, -0.25) is 4.79 Å². The van der Waals surface area contributed by atoms with Crippen LogP contribution in [0.4, 0.5) is 0 Å². The summed E-state index contributed by atoms with van der Waals surface area (Å²) in [5.74, 6) is 0.218. The van der Waals surface area contributed by atoms with Crippen LogP contribution in [0.2, 0.25) is 0 Å². The van der Waals surface area contributed by atoms with E-state index in [4.69, 9.17) is 0 Å². The van der Waals surface area contributed by atoms with Crippen LogP contribution in [-0.4, -0.2) is 35.4 Å². The number of carbonyl (C=O) groups excluding carboxylic acids is 1. The number of nitrogens with one attached hydrogen (secondary N) is 1. The molecule has 0 unspecified atom stereocenters. The molecule has 2 heterocycles. The Labute approximate surface area is 99.7 Å². The molecule has 1 aliphatic rings. The first kappa shape index (κ1) is 11.5. The van der Waals surface area contributed by atoms with Crippen LogP contribution < -0.4 is 5.32 Å². The van der Waals surface area contributed by atoms with Gasteiger partial charge in [-0.25, -0.2) is 4.98 Å². The molecule has 1 fully saturated rings. The number of hydrogen-bond donors (Lipinski definition) is 1. The molecule has 1 amide bonds. The normalized spacial score (nSPS) is 16.4. The molecule has 1 saturated heterocycles. The van der Waals surface area contributed by atoms with E-state index in [1.165, 1.54) is 6.42 Å². The molecule has 1 aromatic heterocycles. The highest BCUT2D eigenvalue weighted by Crippen LogP contribution is 2.08. The van der Waals surface area contributed by atoms with E-state index in [0.29, 0.717) is 13.1 Å². The fourth-order valence-electron chi connectivity index (χ4n) is 1.88. The van der Waals surface area contributed by atoms with Crippen LogP contribution in [-0.2, 0) is 11.3 Å². The Hall–Kier alpha value is -0.940. The van der Waals surface area contributed by atoms with Crippen molar-refractivity contribution in [3.05, 3.63) is 16.6 Å². The average molecular weight is 239 g/mol. The summed E-state index contributed by atoms with van der Waals surface area (Å²) < 4.78 is 0. The molecule has 0 spiro atoms. The Kier molecular flexibility index (Phi) is 4.30. The van der Waals surface area contributed by atoms with E-state index in [1.54, 1.807) is 11.3 Å². The van der Waals surface area contributed by atoms with Crippen LogP contribution in [0.25, 0.3) is 0 Å². The fraction of sp³-hybridized carbons (Fsp3) is 0.636. The summed E-state index contributed by atoms with van der Waals surface area (Å²) in [7, 11) is 0. The molecule has 0 radical (unpaired) electrons. The van der Waals surface area contributed by atoms with Crippen LogP contribution in [0, 0.1) is 0 Å². The standard InChI is InChI=1S/C11H17N3OS/c15-11(14-4-2-1-3-5-14)7-12-6-10-8-16-9-13-10/h8-9,12H,1-7H2. The molecule has 0 atom stereocenters. The van der Waals surface area contributed by atoms with Gasteiger partial charge in [0.05, 0.1) is 17.7 Å². The molecule has 1 aromatic rings. The van der Waals surface area contributed by atoms with E-state index in [1.807, 2.05) is 15.8 Å². The predicted octanol–water partition coefficient (Wildman–Crippen LogP) is 1.25. The summed E-state index contributed by atoms with van der Waals surface area (Å²) in [6, 6.07) is 0. The van der Waals surface area contributed by atoms with Gasteiger partial charge in [0.1, 0.15) is 0 Å². The Morgan fingerprint density at radius 2 is 2.25 bits per heavy atom. The number of hydrogen-bond acceptors (Lipinski definition) is 4. The number of rotatable bonds is 4. The molecule has 5 heteroatoms. The van der Waals surface area contributed by atoms with E-state index < -0.39 is 0 Å². The lowest BCUT2D eigenvalue weighted by Crippen LogP contribution is -2.40. The minimum Gasteiger partial charge on any atom is -0.342 e. The molecular formula is C11H17N3OS. The Morgan fingerprint density at radius 1 is 1.44 bits per heavy atom. The lowest BCUT2D eigenvalue weighted by atomic mass is 10.1. The maximum absolute atomic E-state index is 11.8. The van der Waals surface area contributed by atoms with Gasteiger partial charge < -0.3 is 10.2 Å². The zero-order chi connectivity index (χ0) is 11.2. The first-order valence-corrected chi connectivity index (χ1v) is 6.66. The lowest BCUT2D eigenvalue weighted by Gasteiger charge is -2.26. The highest BCUT2D eigenvalue weighted by Gasteiger charge is 2.15. The second-order valence-corrected chi connectivity index (χ2v) is 4.74. The van der Waals surface area contributed by atoms with Gasteiger partial charge in [0.2, 0.25) is 5.91 Å². The number of likely N-dealkylation sites (tertiary alicyclic amines) is 1. The van der Waals surface area contributed by atoms with Crippen molar-refractivity contribution in [1.29, 1.82) is 0 Å². The minimum absolute atomic E-state index is 0.218. The molecule has 4 nitrogen and oxygen atoms in total. The van der Waals surface area contributed by atoms with Crippen molar-refractivity contribution in [2.45, 2.75) is 25.8 Å². The zero-order valence-corrected chi connectivity index (χ0v) is 10.1. The topological polar surface area (TPSA) is 45.2 Å². The summed E-state index contributed by atoms with van der Waals surface area (Å²) in [4.78, 5) is 17.9. The Balaban J connectivity index is 1.67. The van der Waals surface area contributed by atoms with Crippen LogP contribution in [0.15, 0.2) is 10.9 Å². The molecular weight excluding hydrogens is 222 g/mol. The first-order chi connectivity index (χ1) is 7.86. The van der Waals surface area contributed by atoms with Gasteiger partial charge in [-0.15, -0.1) is 11.3 Å². The van der Waals surface area contributed by atoms with Crippen molar-refractivity contribution in [1.82, 2.24) is 15.2 Å². The van der Waals surface area contributed by atoms with Crippen LogP contribution >= 0.6 is 11.3 Å². The van der Waals surface area contributed by atoms with Crippen molar-refractivity contribution in [2.75, 3.05) is 19.6 Å². The van der Waals surface area contributed by atoms with E-state index in [2.05, 4.69) is 10.3 Å². The summed E-state index contributed by atoms with van der Waals surface area (Å²) in [5, 5.41) is 5.14. The smallest absolute Gasteiger partial charge is 0.236 e. The van der Waals surface area contributed by atoms with Crippen molar-refractivity contribution < 1.29 is 4.79 Å². The van der Waals surface area contributed by atoms with Crippen molar-refractivity contribution >= 4 is 17.2 Å². The molecule has 0 saturated carbocycles. The maximum Gasteiger partial charge on any atom is 0.236 e. The third kappa shape index (κ3) is 3.28. The van der Waals surface area contributed by atoms with E-state index in [9.17, 15) is 4.79 Å². The monoisotopic (exact) mass is 239 g/mol. The van der Waals surface area contributed by atoms with Crippen molar-refractivity contribution in [3.8, 4) is 0 Å². The molecule has 1 N–H and O–H groups in total. The lowest BCUT2D eigenvalue weighted by molar-refractivity contribution is -0.131. The number of thiazole rings is 1. The van der Waals surface area contributed by atoms with Gasteiger partial charge in [-0.1, -0.05) is 0 Å². The van der Waals surface area contributed by atoms with Gasteiger partial charge >= 0.3 is 0 Å². The van der Waals surface area contributed by atoms with Gasteiger partial charge in [0.25, 0.3) is 0 Å². The molecule has 2 rings (SSSR count). The van der Waals surface area contributed by atoms with E-state index >= 15 is 0 Å². The predicted molar refractivity (Wildman–Crippen MR) is 64.3 cm³/mol. The molecule has 1 aliphatic heterocycles. The number of piperidine rings is 1. The van der Waals surface area contributed by atoms with Gasteiger partial charge in [-0.05, 0) is 19.3 Å². The SMILES string of the molecule is O=C(CNCc1cscn1)N1CCCCC1. The average Bonchev–Trinajstić information content (AvgIpc) is 2.83. The van der Waals surface area contributed by atoms with Crippen LogP contribution in [0.5, 0.6) is 0 Å². The third-order valence-electron chi connectivity index (χ3n) is 2.77. The van der Waals surface area contributed by atoms with Crippen LogP contribution in [0.3, 0.4) is 0 Å². The van der Waals surface area contributed by atoms with E-state index in [0.717, 1.165) is 31.6 Å². The first-order valence-electron chi connectivity index (χ1n) is 5.72. The highest BCUT2D eigenvalue weighted by molar-refractivity contribution is 7.07. The Morgan fingerprint density at radius 3 is 2.94 bits per heavy atom. The van der Waals surface area contributed by atoms with E-state index in [-0.39, 0.29) is 5.91 Å². The Bertz CT molecular complexity index is 320. The second kappa shape index (κ2) is 5.96. The largest absolute Gasteiger partial charge is 0.342 e. The molecule has 0 aliphatic carbocycles. The summed E-state index contributed by atoms with van der Waals surface area (Å²) in [6.45, 7) is 2.97. The quantitative estimate of drug-likeness (QED) is 0.860. The number of carbonyl (C=O) groups is 1. The van der Waals surface area contributed by atoms with Crippen molar-refractivity contribution in [2.24, 2.45) is 0 Å². The third-order valence-corrected chi connectivity index (χ3v) is 3.41. The number of nitrogens with zero attached hydrogens (tertiary/aromatic N) is 2. The zero-order valence-electron chi connectivity index (χ0n) is 9.32. The number of amides is 1. The molecule has 88 valence electrons. The van der Waals surface area contributed by atoms with Gasteiger partial charge in [-0.2, -0.15) is 0 Å². The van der Waals surface area contributed by atoms with Crippen molar-refractivity contribution in [3.63, 3.8) is 0 Å². The second-order valence-electron chi connectivity index (χ2n) is 4.02. The molecule has 16 heavy (non-hydrogen) atoms. The molecule has 0 aromatic carbocycles. The fourth-order valence-corrected chi connectivity index (χ4v) is 2.44. The number of aromatic nitrogens is 1. The highest BCUT2D eigenvalue weighted by atomic mass is 32.1. The van der Waals surface area contributed by atoms with Gasteiger partial charge in [0.15, 0.2) is 0 Å². The molecule has 0 bridgehead atoms. The summed E-state index contributed by atoms with van der Waals surface area (Å²) in [6.07, 6.45) is 3.56. The van der Waals surface area contributed by atoms with Gasteiger partial charge in [0, 0.05) is 25.0 Å².